The van der Waals surface area contributed by atoms with E-state index in [1.807, 2.05) is 54.6 Å². The van der Waals surface area contributed by atoms with Crippen molar-refractivity contribution in [2.45, 2.75) is 19.1 Å². The van der Waals surface area contributed by atoms with Crippen molar-refractivity contribution in [1.29, 1.82) is 0 Å². The highest BCUT2D eigenvalue weighted by Crippen LogP contribution is 2.15. The number of fused-ring (bicyclic) bond motifs is 1. The number of aromatic nitrogens is 1. The Hall–Kier alpha value is -3.85. The Morgan fingerprint density at radius 2 is 1.68 bits per heavy atom. The van der Waals surface area contributed by atoms with E-state index in [9.17, 15) is 19.5 Å². The van der Waals surface area contributed by atoms with Crippen molar-refractivity contribution < 1.29 is 24.2 Å². The summed E-state index contributed by atoms with van der Waals surface area (Å²) in [7, 11) is 0. The monoisotopic (exact) mass is 464 g/mol. The molecule has 34 heavy (non-hydrogen) atoms. The van der Waals surface area contributed by atoms with Crippen LogP contribution < -0.4 is 5.32 Å². The Kier molecular flexibility index (Phi) is 7.44. The Morgan fingerprint density at radius 1 is 0.971 bits per heavy atom. The van der Waals surface area contributed by atoms with Crippen molar-refractivity contribution in [3.8, 4) is 0 Å². The molecule has 9 heteroatoms. The number of nitrogens with one attached hydrogen (secondary N) is 2. The first-order valence-electron chi connectivity index (χ1n) is 11.3. The summed E-state index contributed by atoms with van der Waals surface area (Å²) in [5.74, 6) is -0.851. The summed E-state index contributed by atoms with van der Waals surface area (Å²) in [5.41, 5.74) is 2.03. The largest absolute Gasteiger partial charge is 0.445 e. The number of para-hydroxylation sites is 1. The summed E-state index contributed by atoms with van der Waals surface area (Å²) < 4.78 is 5.40. The van der Waals surface area contributed by atoms with Gasteiger partial charge in [-0.3, -0.25) is 9.59 Å². The van der Waals surface area contributed by atoms with Gasteiger partial charge in [0.2, 0.25) is 5.91 Å². The van der Waals surface area contributed by atoms with Crippen LogP contribution in [0.5, 0.6) is 0 Å². The fraction of sp³-hybridized carbons (Fsp3) is 0.320. The third kappa shape index (κ3) is 5.55. The van der Waals surface area contributed by atoms with E-state index in [1.165, 1.54) is 0 Å². The van der Waals surface area contributed by atoms with Crippen LogP contribution >= 0.6 is 0 Å². The number of rotatable bonds is 6. The maximum atomic E-state index is 13.0. The zero-order valence-electron chi connectivity index (χ0n) is 18.8. The SMILES string of the molecule is O=C(NC(CO)C(=O)N1CCCN(C(=O)OCc2ccccc2)CC1)c1cc2ccccc2[nH]1. The van der Waals surface area contributed by atoms with E-state index in [1.54, 1.807) is 15.9 Å². The maximum Gasteiger partial charge on any atom is 0.410 e. The lowest BCUT2D eigenvalue weighted by Gasteiger charge is -2.26. The minimum atomic E-state index is -1.07. The van der Waals surface area contributed by atoms with Crippen LogP contribution in [0.3, 0.4) is 0 Å². The van der Waals surface area contributed by atoms with Gasteiger partial charge in [0.15, 0.2) is 0 Å². The molecule has 9 nitrogen and oxygen atoms in total. The zero-order valence-corrected chi connectivity index (χ0v) is 18.8. The van der Waals surface area contributed by atoms with Gasteiger partial charge in [-0.2, -0.15) is 0 Å². The van der Waals surface area contributed by atoms with Gasteiger partial charge in [-0.25, -0.2) is 4.79 Å². The molecule has 1 aliphatic rings. The van der Waals surface area contributed by atoms with Crippen molar-refractivity contribution in [3.05, 3.63) is 71.9 Å². The van der Waals surface area contributed by atoms with Crippen molar-refractivity contribution in [2.24, 2.45) is 0 Å². The molecule has 1 unspecified atom stereocenters. The Labute approximate surface area is 197 Å². The molecule has 0 bridgehead atoms. The van der Waals surface area contributed by atoms with Crippen LogP contribution in [-0.4, -0.2) is 76.6 Å². The Morgan fingerprint density at radius 3 is 2.44 bits per heavy atom. The Balaban J connectivity index is 1.31. The summed E-state index contributed by atoms with van der Waals surface area (Å²) in [6.07, 6.45) is 0.143. The third-order valence-electron chi connectivity index (χ3n) is 5.83. The van der Waals surface area contributed by atoms with Crippen LogP contribution in [0.2, 0.25) is 0 Å². The summed E-state index contributed by atoms with van der Waals surface area (Å²) in [6.45, 7) is 1.14. The predicted molar refractivity (Wildman–Crippen MR) is 126 cm³/mol. The number of aliphatic hydroxyl groups excluding tert-OH is 1. The number of H-pyrrole nitrogens is 1. The maximum absolute atomic E-state index is 13.0. The van der Waals surface area contributed by atoms with Crippen LogP contribution in [0.15, 0.2) is 60.7 Å². The first-order chi connectivity index (χ1) is 16.5. The van der Waals surface area contributed by atoms with Crippen molar-refractivity contribution >= 4 is 28.8 Å². The quantitative estimate of drug-likeness (QED) is 0.517. The fourth-order valence-corrected chi connectivity index (χ4v) is 3.97. The number of aromatic amines is 1. The number of benzene rings is 2. The lowest BCUT2D eigenvalue weighted by Crippen LogP contribution is -2.51. The molecule has 1 aliphatic heterocycles. The second-order valence-corrected chi connectivity index (χ2v) is 8.18. The molecule has 1 atom stereocenters. The number of carbonyl (C=O) groups excluding carboxylic acids is 3. The Bertz CT molecular complexity index is 1110. The molecule has 178 valence electrons. The fourth-order valence-electron chi connectivity index (χ4n) is 3.97. The van der Waals surface area contributed by atoms with Crippen molar-refractivity contribution in [2.75, 3.05) is 32.8 Å². The van der Waals surface area contributed by atoms with E-state index in [0.29, 0.717) is 31.7 Å². The molecule has 4 rings (SSSR count). The van der Waals surface area contributed by atoms with Gasteiger partial charge in [0.05, 0.1) is 6.61 Å². The summed E-state index contributed by atoms with van der Waals surface area (Å²) in [6, 6.07) is 17.5. The van der Waals surface area contributed by atoms with Crippen LogP contribution in [-0.2, 0) is 16.1 Å². The van der Waals surface area contributed by atoms with Gasteiger partial charge in [0.25, 0.3) is 5.91 Å². The standard InChI is InChI=1S/C25H28N4O5/c30-16-22(27-23(31)21-15-19-9-4-5-10-20(19)26-21)24(32)28-11-6-12-29(14-13-28)25(33)34-17-18-7-2-1-3-8-18/h1-5,7-10,15,22,26,30H,6,11-14,16-17H2,(H,27,31). The van der Waals surface area contributed by atoms with Crippen molar-refractivity contribution in [1.82, 2.24) is 20.1 Å². The highest BCUT2D eigenvalue weighted by Gasteiger charge is 2.29. The highest BCUT2D eigenvalue weighted by molar-refractivity contribution is 6.00. The molecular formula is C25H28N4O5. The molecule has 3 N–H and O–H groups in total. The van der Waals surface area contributed by atoms with E-state index >= 15 is 0 Å². The molecule has 1 aromatic heterocycles. The minimum absolute atomic E-state index is 0.186. The molecule has 2 heterocycles. The van der Waals surface area contributed by atoms with Crippen LogP contribution in [0.4, 0.5) is 4.79 Å². The second kappa shape index (κ2) is 10.8. The second-order valence-electron chi connectivity index (χ2n) is 8.18. The van der Waals surface area contributed by atoms with Gasteiger partial charge >= 0.3 is 6.09 Å². The molecule has 2 aromatic carbocycles. The number of amides is 3. The number of hydrogen-bond acceptors (Lipinski definition) is 5. The molecule has 0 saturated carbocycles. The molecular weight excluding hydrogens is 436 g/mol. The average molecular weight is 465 g/mol. The van der Waals surface area contributed by atoms with Gasteiger partial charge in [-0.15, -0.1) is 0 Å². The predicted octanol–water partition coefficient (Wildman–Crippen LogP) is 2.13. The van der Waals surface area contributed by atoms with Crippen LogP contribution in [0, 0.1) is 0 Å². The number of carbonyl (C=O) groups is 3. The zero-order chi connectivity index (χ0) is 23.9. The smallest absolute Gasteiger partial charge is 0.410 e. The highest BCUT2D eigenvalue weighted by atomic mass is 16.6. The molecule has 3 amide bonds. The summed E-state index contributed by atoms with van der Waals surface area (Å²) in [4.78, 5) is 44.3. The molecule has 0 aliphatic carbocycles. The van der Waals surface area contributed by atoms with E-state index in [2.05, 4.69) is 10.3 Å². The van der Waals surface area contributed by atoms with Crippen LogP contribution in [0.1, 0.15) is 22.5 Å². The normalized spacial score (nSPS) is 15.0. The van der Waals surface area contributed by atoms with E-state index in [-0.39, 0.29) is 19.1 Å². The molecule has 0 spiro atoms. The van der Waals surface area contributed by atoms with Gasteiger partial charge in [0, 0.05) is 37.1 Å². The van der Waals surface area contributed by atoms with Crippen LogP contribution in [0.25, 0.3) is 10.9 Å². The molecule has 0 radical (unpaired) electrons. The first-order valence-corrected chi connectivity index (χ1v) is 11.3. The summed E-state index contributed by atoms with van der Waals surface area (Å²) in [5, 5.41) is 13.3. The first kappa shape index (κ1) is 23.3. The third-order valence-corrected chi connectivity index (χ3v) is 5.83. The summed E-state index contributed by atoms with van der Waals surface area (Å²) >= 11 is 0. The number of nitrogens with zero attached hydrogens (tertiary/aromatic N) is 2. The number of aliphatic hydroxyl groups is 1. The molecule has 3 aromatic rings. The number of hydrogen-bond donors (Lipinski definition) is 3. The molecule has 1 saturated heterocycles. The van der Waals surface area contributed by atoms with E-state index < -0.39 is 24.6 Å². The van der Waals surface area contributed by atoms with E-state index in [4.69, 9.17) is 4.74 Å². The molecule has 1 fully saturated rings. The lowest BCUT2D eigenvalue weighted by molar-refractivity contribution is -0.134. The van der Waals surface area contributed by atoms with E-state index in [0.717, 1.165) is 16.5 Å². The average Bonchev–Trinajstić information content (AvgIpc) is 3.16. The van der Waals surface area contributed by atoms with Gasteiger partial charge in [-0.05, 0) is 24.1 Å². The lowest BCUT2D eigenvalue weighted by atomic mass is 10.2. The number of ether oxygens (including phenoxy) is 1. The van der Waals surface area contributed by atoms with Gasteiger partial charge < -0.3 is 29.9 Å². The topological polar surface area (TPSA) is 115 Å². The van der Waals surface area contributed by atoms with Crippen molar-refractivity contribution in [3.63, 3.8) is 0 Å². The minimum Gasteiger partial charge on any atom is -0.445 e. The van der Waals surface area contributed by atoms with Gasteiger partial charge in [-0.1, -0.05) is 48.5 Å². The van der Waals surface area contributed by atoms with Gasteiger partial charge in [0.1, 0.15) is 18.3 Å².